The van der Waals surface area contributed by atoms with E-state index in [9.17, 15) is 0 Å². The Morgan fingerprint density at radius 3 is 0.778 bits per heavy atom. The van der Waals surface area contributed by atoms with Crippen LogP contribution in [0.25, 0.3) is 90.1 Å². The van der Waals surface area contributed by atoms with Gasteiger partial charge < -0.3 is 0 Å². The lowest BCUT2D eigenvalue weighted by molar-refractivity contribution is 1.22. The van der Waals surface area contributed by atoms with E-state index in [-0.39, 0.29) is 0 Å². The Kier molecular flexibility index (Phi) is 8.81. The minimum Gasteiger partial charge on any atom is -0.255 e. The molecule has 0 fully saturated rings. The van der Waals surface area contributed by atoms with E-state index >= 15 is 0 Å². The van der Waals surface area contributed by atoms with Gasteiger partial charge >= 0.3 is 0 Å². The lowest BCUT2D eigenvalue weighted by Crippen LogP contribution is -1.94. The minimum absolute atomic E-state index is 0.805. The predicted octanol–water partition coefficient (Wildman–Crippen LogP) is 11.4. The molecule has 0 radical (unpaired) electrons. The Balaban J connectivity index is 1.04. The molecule has 3 aromatic carbocycles. The van der Waals surface area contributed by atoms with Crippen molar-refractivity contribution >= 4 is 0 Å². The van der Waals surface area contributed by atoms with Crippen molar-refractivity contribution in [2.45, 2.75) is 0 Å². The van der Waals surface area contributed by atoms with Crippen molar-refractivity contribution in [2.24, 2.45) is 0 Å². The van der Waals surface area contributed by atoms with Crippen molar-refractivity contribution in [1.82, 2.24) is 29.9 Å². The quantitative estimate of drug-likeness (QED) is 0.158. The zero-order valence-corrected chi connectivity index (χ0v) is 29.2. The number of hydrogen-bond acceptors (Lipinski definition) is 6. The van der Waals surface area contributed by atoms with Gasteiger partial charge in [-0.1, -0.05) is 97.1 Å². The molecule has 0 atom stereocenters. The largest absolute Gasteiger partial charge is 0.255 e. The SMILES string of the molecule is c1ccc(-c2cc(-c3ccc(-c4ccccc4-c4ccc(-c5cc(-c6ccccn6)nc(-c6ccccn6)c5)cc4)cc3)cc(-c3ccccn3)n2)nc1. The van der Waals surface area contributed by atoms with E-state index in [1.165, 1.54) is 0 Å². The molecule has 0 unspecified atom stereocenters. The third-order valence-electron chi connectivity index (χ3n) is 9.35. The Labute approximate surface area is 313 Å². The molecule has 6 nitrogen and oxygen atoms in total. The van der Waals surface area contributed by atoms with E-state index in [0.717, 1.165) is 90.1 Å². The maximum atomic E-state index is 4.94. The van der Waals surface area contributed by atoms with E-state index in [0.29, 0.717) is 0 Å². The molecule has 0 saturated carbocycles. The normalized spacial score (nSPS) is 11.0. The fraction of sp³-hybridized carbons (Fsp3) is 0. The highest BCUT2D eigenvalue weighted by molar-refractivity contribution is 5.86. The minimum atomic E-state index is 0.805. The second-order valence-corrected chi connectivity index (χ2v) is 12.8. The molecule has 9 rings (SSSR count). The molecule has 9 aromatic rings. The van der Waals surface area contributed by atoms with E-state index in [4.69, 9.17) is 9.97 Å². The third-order valence-corrected chi connectivity index (χ3v) is 9.35. The van der Waals surface area contributed by atoms with Crippen molar-refractivity contribution in [1.29, 1.82) is 0 Å². The molecule has 54 heavy (non-hydrogen) atoms. The van der Waals surface area contributed by atoms with Crippen LogP contribution in [0.4, 0.5) is 0 Å². The van der Waals surface area contributed by atoms with Gasteiger partial charge in [-0.25, -0.2) is 9.97 Å². The summed E-state index contributed by atoms with van der Waals surface area (Å²) in [6.07, 6.45) is 7.17. The zero-order valence-electron chi connectivity index (χ0n) is 29.2. The Morgan fingerprint density at radius 2 is 0.500 bits per heavy atom. The predicted molar refractivity (Wildman–Crippen MR) is 217 cm³/mol. The highest BCUT2D eigenvalue weighted by Crippen LogP contribution is 2.36. The van der Waals surface area contributed by atoms with Crippen LogP contribution in [0.15, 0.2) is 195 Å². The first-order valence-corrected chi connectivity index (χ1v) is 17.8. The number of aromatic nitrogens is 6. The lowest BCUT2D eigenvalue weighted by Gasteiger charge is -2.13. The molecule has 0 spiro atoms. The second-order valence-electron chi connectivity index (χ2n) is 12.8. The van der Waals surface area contributed by atoms with Gasteiger partial charge in [0.25, 0.3) is 0 Å². The maximum absolute atomic E-state index is 4.94. The Hall–Kier alpha value is -7.44. The molecular weight excluding hydrogens is 661 g/mol. The fourth-order valence-electron chi connectivity index (χ4n) is 6.65. The van der Waals surface area contributed by atoms with Crippen molar-refractivity contribution in [2.75, 3.05) is 0 Å². The van der Waals surface area contributed by atoms with E-state index in [1.807, 2.05) is 72.8 Å². The molecule has 6 heterocycles. The average Bonchev–Trinajstić information content (AvgIpc) is 3.27. The Morgan fingerprint density at radius 1 is 0.222 bits per heavy atom. The van der Waals surface area contributed by atoms with Crippen LogP contribution in [0, 0.1) is 0 Å². The summed E-state index contributed by atoms with van der Waals surface area (Å²) in [4.78, 5) is 28.2. The standard InChI is InChI=1S/C48H32N6/c1-2-12-40(36-23-19-34(20-24-36)38-31-47(43-15-5-9-27-51-43)54-48(32-38)44-16-6-10-28-52-44)39(11-1)35-21-17-33(18-22-35)37-29-45(41-13-3-7-25-49-41)53-46(30-37)42-14-4-8-26-50-42/h1-32H. The van der Waals surface area contributed by atoms with Crippen LogP contribution in [0.5, 0.6) is 0 Å². The third kappa shape index (κ3) is 6.79. The monoisotopic (exact) mass is 692 g/mol. The highest BCUT2D eigenvalue weighted by Gasteiger charge is 2.14. The smallest absolute Gasteiger partial charge is 0.0900 e. The molecule has 0 aliphatic heterocycles. The molecular formula is C48H32N6. The van der Waals surface area contributed by atoms with Crippen LogP contribution >= 0.6 is 0 Å². The van der Waals surface area contributed by atoms with Gasteiger partial charge in [0.15, 0.2) is 0 Å². The summed E-state index contributed by atoms with van der Waals surface area (Å²) < 4.78 is 0. The Bertz CT molecular complexity index is 2360. The summed E-state index contributed by atoms with van der Waals surface area (Å²) in [5.41, 5.74) is 15.4. The molecule has 0 bridgehead atoms. The van der Waals surface area contributed by atoms with Gasteiger partial charge in [0.1, 0.15) is 0 Å². The second kappa shape index (κ2) is 14.7. The summed E-state index contributed by atoms with van der Waals surface area (Å²) in [5, 5.41) is 0. The van der Waals surface area contributed by atoms with Crippen LogP contribution in [0.3, 0.4) is 0 Å². The first-order valence-electron chi connectivity index (χ1n) is 17.8. The molecule has 0 aliphatic rings. The number of pyridine rings is 6. The summed E-state index contributed by atoms with van der Waals surface area (Å²) in [6.45, 7) is 0. The van der Waals surface area contributed by atoms with Gasteiger partial charge in [-0.2, -0.15) is 0 Å². The van der Waals surface area contributed by atoms with Crippen molar-refractivity contribution < 1.29 is 0 Å². The number of rotatable bonds is 8. The van der Waals surface area contributed by atoms with Crippen molar-refractivity contribution in [3.05, 3.63) is 195 Å². The van der Waals surface area contributed by atoms with E-state index in [1.54, 1.807) is 24.8 Å². The topological polar surface area (TPSA) is 77.3 Å². The van der Waals surface area contributed by atoms with Crippen LogP contribution < -0.4 is 0 Å². The number of nitrogens with zero attached hydrogens (tertiary/aromatic N) is 6. The van der Waals surface area contributed by atoms with Gasteiger partial charge in [-0.3, -0.25) is 19.9 Å². The van der Waals surface area contributed by atoms with E-state index < -0.39 is 0 Å². The summed E-state index contributed by atoms with van der Waals surface area (Å²) in [7, 11) is 0. The molecule has 0 saturated heterocycles. The van der Waals surface area contributed by atoms with E-state index in [2.05, 4.69) is 117 Å². The van der Waals surface area contributed by atoms with Crippen molar-refractivity contribution in [3.63, 3.8) is 0 Å². The van der Waals surface area contributed by atoms with Crippen LogP contribution in [-0.2, 0) is 0 Å². The van der Waals surface area contributed by atoms with Crippen molar-refractivity contribution in [3.8, 4) is 90.1 Å². The molecule has 254 valence electrons. The number of benzene rings is 3. The summed E-state index contributed by atoms with van der Waals surface area (Å²) in [6, 6.07) is 57.9. The zero-order chi connectivity index (χ0) is 36.1. The van der Waals surface area contributed by atoms with Crippen LogP contribution in [0.2, 0.25) is 0 Å². The molecule has 6 aromatic heterocycles. The molecule has 0 aliphatic carbocycles. The first-order chi connectivity index (χ1) is 26.7. The van der Waals surface area contributed by atoms with Gasteiger partial charge in [0.2, 0.25) is 0 Å². The van der Waals surface area contributed by atoms with Gasteiger partial charge in [-0.15, -0.1) is 0 Å². The van der Waals surface area contributed by atoms with Gasteiger partial charge in [0, 0.05) is 24.8 Å². The maximum Gasteiger partial charge on any atom is 0.0900 e. The molecule has 6 heteroatoms. The average molecular weight is 693 g/mol. The summed E-state index contributed by atoms with van der Waals surface area (Å²) >= 11 is 0. The molecule has 0 N–H and O–H groups in total. The van der Waals surface area contributed by atoms with Gasteiger partial charge in [-0.05, 0) is 117 Å². The first kappa shape index (κ1) is 32.5. The summed E-state index contributed by atoms with van der Waals surface area (Å²) in [5.74, 6) is 0. The van der Waals surface area contributed by atoms with Crippen LogP contribution in [0.1, 0.15) is 0 Å². The van der Waals surface area contributed by atoms with Crippen LogP contribution in [-0.4, -0.2) is 29.9 Å². The molecule has 0 amide bonds. The lowest BCUT2D eigenvalue weighted by atomic mass is 9.92. The highest BCUT2D eigenvalue weighted by atomic mass is 14.8. The van der Waals surface area contributed by atoms with Gasteiger partial charge in [0.05, 0.1) is 45.6 Å². The number of hydrogen-bond donors (Lipinski definition) is 0. The fourth-order valence-corrected chi connectivity index (χ4v) is 6.65.